The van der Waals surface area contributed by atoms with Gasteiger partial charge in [0.1, 0.15) is 0 Å². The number of pyridine rings is 4. The molecule has 4 aromatic heterocycles. The molecule has 4 heterocycles. The van der Waals surface area contributed by atoms with E-state index < -0.39 is 0 Å². The van der Waals surface area contributed by atoms with E-state index in [2.05, 4.69) is 34.0 Å². The van der Waals surface area contributed by atoms with Crippen LogP contribution in [0.3, 0.4) is 0 Å². The van der Waals surface area contributed by atoms with E-state index in [9.17, 15) is 0 Å². The van der Waals surface area contributed by atoms with Gasteiger partial charge in [-0.25, -0.2) is 4.98 Å². The maximum atomic E-state index is 4.72. The lowest BCUT2D eigenvalue weighted by Gasteiger charge is -2.07. The van der Waals surface area contributed by atoms with E-state index in [1.807, 2.05) is 42.5 Å². The fraction of sp³-hybridized carbons (Fsp3) is 0.0476. The molecule has 0 unspecified atom stereocenters. The second-order valence-corrected chi connectivity index (χ2v) is 5.41. The van der Waals surface area contributed by atoms with Crippen molar-refractivity contribution in [2.75, 3.05) is 0 Å². The van der Waals surface area contributed by atoms with Crippen molar-refractivity contribution in [1.29, 1.82) is 0 Å². The Hall–Kier alpha value is -3.40. The van der Waals surface area contributed by atoms with Crippen molar-refractivity contribution in [2.24, 2.45) is 0 Å². The topological polar surface area (TPSA) is 51.6 Å². The highest BCUT2D eigenvalue weighted by molar-refractivity contribution is 5.66. The molecule has 0 N–H and O–H groups in total. The molecular weight excluding hydrogens is 308 g/mol. The van der Waals surface area contributed by atoms with Crippen LogP contribution in [0.1, 0.15) is 5.56 Å². The smallest absolute Gasteiger partial charge is 0.0713 e. The second kappa shape index (κ2) is 8.45. The van der Waals surface area contributed by atoms with Crippen molar-refractivity contribution in [3.8, 4) is 22.5 Å². The van der Waals surface area contributed by atoms with Crippen molar-refractivity contribution in [1.82, 2.24) is 19.9 Å². The third-order valence-electron chi connectivity index (χ3n) is 3.49. The van der Waals surface area contributed by atoms with Crippen molar-refractivity contribution in [3.05, 3.63) is 97.3 Å². The van der Waals surface area contributed by atoms with Gasteiger partial charge in [-0.05, 0) is 61.0 Å². The molecular formula is C21H18N4. The molecule has 0 bridgehead atoms. The summed E-state index contributed by atoms with van der Waals surface area (Å²) in [6.45, 7) is 2.08. The first kappa shape index (κ1) is 16.5. The first-order valence-electron chi connectivity index (χ1n) is 7.97. The molecule has 4 nitrogen and oxygen atoms in total. The normalized spacial score (nSPS) is 9.80. The zero-order valence-electron chi connectivity index (χ0n) is 13.9. The average molecular weight is 326 g/mol. The number of hydrogen-bond acceptors (Lipinski definition) is 4. The lowest BCUT2D eigenvalue weighted by Crippen LogP contribution is -1.90. The Morgan fingerprint density at radius 3 is 1.36 bits per heavy atom. The summed E-state index contributed by atoms with van der Waals surface area (Å²) in [6.07, 6.45) is 10.6. The van der Waals surface area contributed by atoms with Gasteiger partial charge in [0.05, 0.1) is 11.4 Å². The lowest BCUT2D eigenvalue weighted by atomic mass is 10.1. The highest BCUT2D eigenvalue weighted by Gasteiger charge is 2.04. The van der Waals surface area contributed by atoms with Gasteiger partial charge >= 0.3 is 0 Å². The number of hydrogen-bond donors (Lipinski definition) is 0. The fourth-order valence-corrected chi connectivity index (χ4v) is 2.32. The maximum Gasteiger partial charge on any atom is 0.0713 e. The molecule has 0 saturated carbocycles. The molecule has 0 atom stereocenters. The third-order valence-corrected chi connectivity index (χ3v) is 3.49. The van der Waals surface area contributed by atoms with Crippen molar-refractivity contribution < 1.29 is 0 Å². The van der Waals surface area contributed by atoms with Crippen LogP contribution in [-0.4, -0.2) is 19.9 Å². The van der Waals surface area contributed by atoms with Crippen LogP contribution in [0.4, 0.5) is 0 Å². The fourth-order valence-electron chi connectivity index (χ4n) is 2.32. The third kappa shape index (κ3) is 4.78. The molecule has 0 spiro atoms. The molecule has 4 heteroatoms. The van der Waals surface area contributed by atoms with E-state index in [0.717, 1.165) is 22.5 Å². The summed E-state index contributed by atoms with van der Waals surface area (Å²) in [6, 6.07) is 17.8. The molecule has 0 aromatic carbocycles. The number of aromatic nitrogens is 4. The molecule has 122 valence electrons. The summed E-state index contributed by atoms with van der Waals surface area (Å²) in [5, 5.41) is 0. The monoisotopic (exact) mass is 326 g/mol. The second-order valence-electron chi connectivity index (χ2n) is 5.41. The van der Waals surface area contributed by atoms with Crippen LogP contribution in [-0.2, 0) is 0 Å². The minimum atomic E-state index is 0.967. The Labute approximate surface area is 147 Å². The van der Waals surface area contributed by atoms with Gasteiger partial charge in [0, 0.05) is 48.3 Å². The number of aryl methyl sites for hydroxylation is 1. The van der Waals surface area contributed by atoms with Gasteiger partial charge in [0.15, 0.2) is 0 Å². The lowest BCUT2D eigenvalue weighted by molar-refractivity contribution is 1.25. The van der Waals surface area contributed by atoms with E-state index in [0.29, 0.717) is 0 Å². The average Bonchev–Trinajstić information content (AvgIpc) is 2.71. The largest absolute Gasteiger partial charge is 0.265 e. The summed E-state index contributed by atoms with van der Waals surface area (Å²) in [5.41, 5.74) is 5.28. The quantitative estimate of drug-likeness (QED) is 0.540. The van der Waals surface area contributed by atoms with E-state index in [1.165, 1.54) is 5.56 Å². The predicted molar refractivity (Wildman–Crippen MR) is 99.7 cm³/mol. The van der Waals surface area contributed by atoms with Gasteiger partial charge < -0.3 is 0 Å². The first-order chi connectivity index (χ1) is 12.3. The zero-order chi connectivity index (χ0) is 17.3. The summed E-state index contributed by atoms with van der Waals surface area (Å²) in [7, 11) is 0. The maximum absolute atomic E-state index is 4.72. The Bertz CT molecular complexity index is 810. The molecule has 0 aliphatic carbocycles. The Balaban J connectivity index is 0.000000258. The molecule has 4 rings (SSSR count). The highest BCUT2D eigenvalue weighted by Crippen LogP contribution is 2.23. The van der Waals surface area contributed by atoms with Gasteiger partial charge in [-0.3, -0.25) is 15.0 Å². The Morgan fingerprint density at radius 1 is 0.560 bits per heavy atom. The molecule has 0 radical (unpaired) electrons. The van der Waals surface area contributed by atoms with Crippen LogP contribution in [0, 0.1) is 6.92 Å². The SMILES string of the molecule is Cc1cc(-c2ccncc2)nc(-c2ccncc2)c1.c1ccncc1. The molecule has 0 aliphatic heterocycles. The molecule has 0 fully saturated rings. The van der Waals surface area contributed by atoms with Gasteiger partial charge in [-0.15, -0.1) is 0 Å². The molecule has 25 heavy (non-hydrogen) atoms. The van der Waals surface area contributed by atoms with E-state index >= 15 is 0 Å². The van der Waals surface area contributed by atoms with Crippen LogP contribution in [0.25, 0.3) is 22.5 Å². The van der Waals surface area contributed by atoms with Crippen LogP contribution in [0.15, 0.2) is 91.8 Å². The summed E-state index contributed by atoms with van der Waals surface area (Å²) < 4.78 is 0. The summed E-state index contributed by atoms with van der Waals surface area (Å²) in [5.74, 6) is 0. The molecule has 0 aliphatic rings. The minimum Gasteiger partial charge on any atom is -0.265 e. The summed E-state index contributed by atoms with van der Waals surface area (Å²) in [4.78, 5) is 16.6. The Morgan fingerprint density at radius 2 is 1.00 bits per heavy atom. The predicted octanol–water partition coefficient (Wildman–Crippen LogP) is 4.60. The zero-order valence-corrected chi connectivity index (χ0v) is 13.9. The minimum absolute atomic E-state index is 0.967. The molecule has 0 amide bonds. The van der Waals surface area contributed by atoms with E-state index in [1.54, 1.807) is 37.2 Å². The van der Waals surface area contributed by atoms with E-state index in [4.69, 9.17) is 4.98 Å². The number of rotatable bonds is 2. The van der Waals surface area contributed by atoms with Gasteiger partial charge in [0.25, 0.3) is 0 Å². The van der Waals surface area contributed by atoms with Gasteiger partial charge in [-0.1, -0.05) is 6.07 Å². The summed E-state index contributed by atoms with van der Waals surface area (Å²) >= 11 is 0. The van der Waals surface area contributed by atoms with Gasteiger partial charge in [0.2, 0.25) is 0 Å². The van der Waals surface area contributed by atoms with Crippen LogP contribution in [0.5, 0.6) is 0 Å². The van der Waals surface area contributed by atoms with Crippen molar-refractivity contribution in [3.63, 3.8) is 0 Å². The molecule has 0 saturated heterocycles. The van der Waals surface area contributed by atoms with Crippen molar-refractivity contribution >= 4 is 0 Å². The highest BCUT2D eigenvalue weighted by atomic mass is 14.7. The van der Waals surface area contributed by atoms with E-state index in [-0.39, 0.29) is 0 Å². The number of nitrogens with zero attached hydrogens (tertiary/aromatic N) is 4. The Kier molecular flexibility index (Phi) is 5.56. The first-order valence-corrected chi connectivity index (χ1v) is 7.97. The molecule has 4 aromatic rings. The van der Waals surface area contributed by atoms with Crippen LogP contribution >= 0.6 is 0 Å². The van der Waals surface area contributed by atoms with Crippen LogP contribution in [0.2, 0.25) is 0 Å². The van der Waals surface area contributed by atoms with Crippen molar-refractivity contribution in [2.45, 2.75) is 6.92 Å². The van der Waals surface area contributed by atoms with Gasteiger partial charge in [-0.2, -0.15) is 0 Å². The standard InChI is InChI=1S/C16H13N3.C5H5N/c1-12-10-15(13-2-6-17-7-3-13)19-16(11-12)14-4-8-18-9-5-14;1-2-4-6-5-3-1/h2-11H,1H3;1-5H. The van der Waals surface area contributed by atoms with Crippen LogP contribution < -0.4 is 0 Å².